The fourth-order valence-electron chi connectivity index (χ4n) is 1.00. The predicted octanol–water partition coefficient (Wildman–Crippen LogP) is 3.02. The molecule has 13 heavy (non-hydrogen) atoms. The molecule has 2 rings (SSSR count). The van der Waals surface area contributed by atoms with Crippen molar-refractivity contribution in [2.45, 2.75) is 5.03 Å². The number of thiophene rings is 1. The van der Waals surface area contributed by atoms with E-state index in [1.165, 1.54) is 0 Å². The molecule has 5 heteroatoms. The molecular formula is C8H7ClN2S2. The third-order valence-electron chi connectivity index (χ3n) is 1.53. The quantitative estimate of drug-likeness (QED) is 0.461. The molecule has 0 radical (unpaired) electrons. The Morgan fingerprint density at radius 1 is 1.46 bits per heavy atom. The maximum atomic E-state index is 5.62. The zero-order valence-electron chi connectivity index (χ0n) is 6.74. The third-order valence-corrected chi connectivity index (χ3v) is 3.97. The first-order valence-electron chi connectivity index (χ1n) is 3.79. The molecule has 2 heterocycles. The van der Waals surface area contributed by atoms with Crippen LogP contribution in [0, 0.1) is 0 Å². The molecule has 0 unspecified atom stereocenters. The van der Waals surface area contributed by atoms with Crippen molar-refractivity contribution < 1.29 is 0 Å². The van der Waals surface area contributed by atoms with Crippen molar-refractivity contribution in [3.8, 4) is 0 Å². The maximum Gasteiger partial charge on any atom is 0.117 e. The lowest BCUT2D eigenvalue weighted by Gasteiger charge is -1.97. The van der Waals surface area contributed by atoms with Crippen LogP contribution in [-0.4, -0.2) is 21.6 Å². The number of rotatable bonds is 3. The molecular weight excluding hydrogens is 224 g/mol. The Morgan fingerprint density at radius 3 is 3.23 bits per heavy atom. The van der Waals surface area contributed by atoms with Gasteiger partial charge < -0.3 is 0 Å². The van der Waals surface area contributed by atoms with Gasteiger partial charge in [-0.25, -0.2) is 9.97 Å². The van der Waals surface area contributed by atoms with Crippen molar-refractivity contribution in [1.29, 1.82) is 0 Å². The van der Waals surface area contributed by atoms with Crippen LogP contribution in [0.4, 0.5) is 0 Å². The van der Waals surface area contributed by atoms with Gasteiger partial charge in [0.25, 0.3) is 0 Å². The summed E-state index contributed by atoms with van der Waals surface area (Å²) >= 11 is 8.97. The van der Waals surface area contributed by atoms with Crippen molar-refractivity contribution in [3.63, 3.8) is 0 Å². The number of hydrogen-bond acceptors (Lipinski definition) is 4. The molecule has 2 aromatic heterocycles. The van der Waals surface area contributed by atoms with Crippen LogP contribution >= 0.6 is 34.7 Å². The second kappa shape index (κ2) is 4.26. The molecule has 0 spiro atoms. The van der Waals surface area contributed by atoms with Crippen molar-refractivity contribution >= 4 is 44.9 Å². The molecule has 0 bridgehead atoms. The Bertz CT molecular complexity index is 402. The first-order valence-corrected chi connectivity index (χ1v) is 6.19. The lowest BCUT2D eigenvalue weighted by Crippen LogP contribution is -1.85. The highest BCUT2D eigenvalue weighted by Gasteiger charge is 2.04. The molecule has 0 aliphatic rings. The highest BCUT2D eigenvalue weighted by atomic mass is 35.5. The number of aromatic nitrogens is 2. The van der Waals surface area contributed by atoms with Gasteiger partial charge in [-0.2, -0.15) is 0 Å². The Balaban J connectivity index is 2.37. The number of hydrogen-bond donors (Lipinski definition) is 0. The number of alkyl halides is 1. The number of nitrogens with zero attached hydrogens (tertiary/aromatic N) is 2. The summed E-state index contributed by atoms with van der Waals surface area (Å²) < 4.78 is 1.16. The highest BCUT2D eigenvalue weighted by molar-refractivity contribution is 7.99. The summed E-state index contributed by atoms with van der Waals surface area (Å²) in [4.78, 5) is 8.38. The minimum atomic E-state index is 0.654. The van der Waals surface area contributed by atoms with E-state index in [2.05, 4.69) is 9.97 Å². The van der Waals surface area contributed by atoms with E-state index >= 15 is 0 Å². The van der Waals surface area contributed by atoms with Gasteiger partial charge in [0, 0.05) is 11.6 Å². The summed E-state index contributed by atoms with van der Waals surface area (Å²) in [6, 6.07) is 2.01. The van der Waals surface area contributed by atoms with Gasteiger partial charge in [-0.15, -0.1) is 34.7 Å². The van der Waals surface area contributed by atoms with Crippen molar-refractivity contribution in [1.82, 2.24) is 9.97 Å². The first kappa shape index (κ1) is 9.24. The van der Waals surface area contributed by atoms with Gasteiger partial charge in [-0.3, -0.25) is 0 Å². The normalized spacial score (nSPS) is 10.8. The number of thioether (sulfide) groups is 1. The smallest absolute Gasteiger partial charge is 0.117 e. The first-order chi connectivity index (χ1) is 6.42. The fraction of sp³-hybridized carbons (Fsp3) is 0.250. The zero-order valence-corrected chi connectivity index (χ0v) is 9.12. The van der Waals surface area contributed by atoms with Crippen LogP contribution in [0.1, 0.15) is 0 Å². The van der Waals surface area contributed by atoms with Gasteiger partial charge in [0.1, 0.15) is 11.4 Å². The summed E-state index contributed by atoms with van der Waals surface area (Å²) in [6.45, 7) is 0. The standard InChI is InChI=1S/C8H7ClN2S2/c9-2-4-13-8-7-6(1-3-12-7)10-5-11-8/h1,3,5H,2,4H2. The average Bonchev–Trinajstić information content (AvgIpc) is 2.62. The van der Waals surface area contributed by atoms with E-state index in [0.717, 1.165) is 21.0 Å². The third kappa shape index (κ3) is 1.95. The van der Waals surface area contributed by atoms with Gasteiger partial charge in [-0.1, -0.05) is 0 Å². The summed E-state index contributed by atoms with van der Waals surface area (Å²) in [6.07, 6.45) is 1.60. The predicted molar refractivity (Wildman–Crippen MR) is 58.9 cm³/mol. The number of fused-ring (bicyclic) bond motifs is 1. The van der Waals surface area contributed by atoms with Gasteiger partial charge in [0.2, 0.25) is 0 Å². The molecule has 0 atom stereocenters. The molecule has 68 valence electrons. The second-order valence-corrected chi connectivity index (χ2v) is 4.73. The molecule has 2 nitrogen and oxygen atoms in total. The van der Waals surface area contributed by atoms with Gasteiger partial charge in [-0.05, 0) is 11.4 Å². The van der Waals surface area contributed by atoms with Crippen LogP contribution in [-0.2, 0) is 0 Å². The molecule has 0 N–H and O–H groups in total. The molecule has 2 aromatic rings. The Labute approximate surface area is 89.3 Å². The van der Waals surface area contributed by atoms with Gasteiger partial charge in [0.05, 0.1) is 10.2 Å². The maximum absolute atomic E-state index is 5.62. The highest BCUT2D eigenvalue weighted by Crippen LogP contribution is 2.28. The summed E-state index contributed by atoms with van der Waals surface area (Å²) in [5.41, 5.74) is 1.03. The lowest BCUT2D eigenvalue weighted by molar-refractivity contribution is 1.11. The molecule has 0 fully saturated rings. The van der Waals surface area contributed by atoms with Crippen LogP contribution in [0.2, 0.25) is 0 Å². The van der Waals surface area contributed by atoms with Crippen LogP contribution in [0.5, 0.6) is 0 Å². The Morgan fingerprint density at radius 2 is 2.38 bits per heavy atom. The lowest BCUT2D eigenvalue weighted by atomic mass is 10.5. The average molecular weight is 231 g/mol. The molecule has 0 saturated carbocycles. The SMILES string of the molecule is ClCCSc1ncnc2ccsc12. The van der Waals surface area contributed by atoms with E-state index in [0.29, 0.717) is 5.88 Å². The topological polar surface area (TPSA) is 25.8 Å². The molecule has 0 aliphatic heterocycles. The van der Waals surface area contributed by atoms with E-state index in [1.807, 2.05) is 11.4 Å². The van der Waals surface area contributed by atoms with Crippen LogP contribution in [0.15, 0.2) is 22.8 Å². The summed E-state index contributed by atoms with van der Waals surface area (Å²) in [5, 5.41) is 3.07. The van der Waals surface area contributed by atoms with Crippen LogP contribution in [0.3, 0.4) is 0 Å². The van der Waals surface area contributed by atoms with E-state index in [-0.39, 0.29) is 0 Å². The minimum Gasteiger partial charge on any atom is -0.235 e. The Kier molecular flexibility index (Phi) is 3.03. The summed E-state index contributed by atoms with van der Waals surface area (Å²) in [5.74, 6) is 1.55. The van der Waals surface area contributed by atoms with E-state index in [4.69, 9.17) is 11.6 Å². The van der Waals surface area contributed by atoms with Crippen LogP contribution < -0.4 is 0 Å². The van der Waals surface area contributed by atoms with Gasteiger partial charge >= 0.3 is 0 Å². The van der Waals surface area contributed by atoms with E-state index < -0.39 is 0 Å². The summed E-state index contributed by atoms with van der Waals surface area (Å²) in [7, 11) is 0. The number of halogens is 1. The van der Waals surface area contributed by atoms with E-state index in [1.54, 1.807) is 29.4 Å². The minimum absolute atomic E-state index is 0.654. The second-order valence-electron chi connectivity index (χ2n) is 2.35. The molecule has 0 aromatic carbocycles. The van der Waals surface area contributed by atoms with Crippen LogP contribution in [0.25, 0.3) is 10.2 Å². The van der Waals surface area contributed by atoms with E-state index in [9.17, 15) is 0 Å². The molecule has 0 amide bonds. The molecule has 0 saturated heterocycles. The Hall–Kier alpha value is -0.320. The monoisotopic (exact) mass is 230 g/mol. The fourth-order valence-corrected chi connectivity index (χ4v) is 2.91. The van der Waals surface area contributed by atoms with Crippen molar-refractivity contribution in [2.75, 3.05) is 11.6 Å². The largest absolute Gasteiger partial charge is 0.235 e. The van der Waals surface area contributed by atoms with Crippen molar-refractivity contribution in [3.05, 3.63) is 17.8 Å². The molecule has 0 aliphatic carbocycles. The van der Waals surface area contributed by atoms with Crippen molar-refractivity contribution in [2.24, 2.45) is 0 Å². The zero-order chi connectivity index (χ0) is 9.10. The van der Waals surface area contributed by atoms with Gasteiger partial charge in [0.15, 0.2) is 0 Å².